The van der Waals surface area contributed by atoms with Crippen LogP contribution >= 0.6 is 0 Å². The highest BCUT2D eigenvalue weighted by Crippen LogP contribution is 2.15. The SMILES string of the molecule is CCN1CCN(Cc2nc3c(c(=O)[nH]c(=O)n3C)n2CCc2ccccc2)CC1. The van der Waals surface area contributed by atoms with Crippen molar-refractivity contribution in [3.05, 3.63) is 62.6 Å². The Hall–Kier alpha value is -2.71. The van der Waals surface area contributed by atoms with E-state index in [4.69, 9.17) is 4.98 Å². The van der Waals surface area contributed by atoms with Gasteiger partial charge in [-0.1, -0.05) is 37.3 Å². The van der Waals surface area contributed by atoms with Gasteiger partial charge in [-0.2, -0.15) is 0 Å². The molecule has 154 valence electrons. The van der Waals surface area contributed by atoms with Crippen LogP contribution in [0.25, 0.3) is 11.2 Å². The van der Waals surface area contributed by atoms with E-state index in [1.54, 1.807) is 7.05 Å². The molecule has 1 aliphatic heterocycles. The first-order valence-electron chi connectivity index (χ1n) is 10.2. The Balaban J connectivity index is 1.68. The quantitative estimate of drug-likeness (QED) is 0.667. The van der Waals surface area contributed by atoms with E-state index in [1.807, 2.05) is 22.8 Å². The smallest absolute Gasteiger partial charge is 0.321 e. The molecule has 0 unspecified atom stereocenters. The number of hydrogen-bond acceptors (Lipinski definition) is 5. The molecule has 8 heteroatoms. The van der Waals surface area contributed by atoms with Gasteiger partial charge < -0.3 is 9.47 Å². The van der Waals surface area contributed by atoms with Gasteiger partial charge in [0.25, 0.3) is 5.56 Å². The lowest BCUT2D eigenvalue weighted by Crippen LogP contribution is -2.45. The van der Waals surface area contributed by atoms with E-state index < -0.39 is 5.69 Å². The molecule has 0 amide bonds. The maximum absolute atomic E-state index is 12.6. The Bertz CT molecular complexity index is 1090. The first kappa shape index (κ1) is 19.6. The Morgan fingerprint density at radius 1 is 1.03 bits per heavy atom. The molecule has 29 heavy (non-hydrogen) atoms. The molecular formula is C21H28N6O2. The number of piperazine rings is 1. The second kappa shape index (κ2) is 8.34. The number of rotatable bonds is 6. The van der Waals surface area contributed by atoms with Gasteiger partial charge >= 0.3 is 5.69 Å². The van der Waals surface area contributed by atoms with Gasteiger partial charge in [0.05, 0.1) is 6.54 Å². The summed E-state index contributed by atoms with van der Waals surface area (Å²) in [7, 11) is 1.65. The van der Waals surface area contributed by atoms with Crippen LogP contribution in [0.5, 0.6) is 0 Å². The van der Waals surface area contributed by atoms with Crippen molar-refractivity contribution in [1.29, 1.82) is 0 Å². The molecular weight excluding hydrogens is 368 g/mol. The Morgan fingerprint density at radius 3 is 2.41 bits per heavy atom. The third kappa shape index (κ3) is 4.04. The maximum atomic E-state index is 12.6. The van der Waals surface area contributed by atoms with Gasteiger partial charge in [-0.15, -0.1) is 0 Å². The monoisotopic (exact) mass is 396 g/mol. The Labute approximate surface area is 169 Å². The fraction of sp³-hybridized carbons (Fsp3) is 0.476. The number of nitrogens with one attached hydrogen (secondary N) is 1. The van der Waals surface area contributed by atoms with Crippen LogP contribution in [-0.2, 0) is 26.6 Å². The summed E-state index contributed by atoms with van der Waals surface area (Å²) in [4.78, 5) is 36.6. The molecule has 1 aliphatic rings. The maximum Gasteiger partial charge on any atom is 0.329 e. The number of fused-ring (bicyclic) bond motifs is 1. The average Bonchev–Trinajstić information content (AvgIpc) is 3.10. The van der Waals surface area contributed by atoms with Crippen LogP contribution in [-0.4, -0.2) is 61.6 Å². The summed E-state index contributed by atoms with van der Waals surface area (Å²) in [5.41, 5.74) is 1.33. The molecule has 1 fully saturated rings. The minimum Gasteiger partial charge on any atom is -0.321 e. The minimum absolute atomic E-state index is 0.370. The van der Waals surface area contributed by atoms with Crippen LogP contribution < -0.4 is 11.2 Å². The highest BCUT2D eigenvalue weighted by Gasteiger charge is 2.21. The van der Waals surface area contributed by atoms with E-state index in [9.17, 15) is 9.59 Å². The molecule has 2 aromatic heterocycles. The van der Waals surface area contributed by atoms with Crippen LogP contribution in [0, 0.1) is 0 Å². The van der Waals surface area contributed by atoms with Crippen LogP contribution in [0.2, 0.25) is 0 Å². The van der Waals surface area contributed by atoms with Crippen molar-refractivity contribution in [3.63, 3.8) is 0 Å². The molecule has 0 bridgehead atoms. The van der Waals surface area contributed by atoms with Crippen molar-refractivity contribution in [2.75, 3.05) is 32.7 Å². The summed E-state index contributed by atoms with van der Waals surface area (Å²) in [5, 5.41) is 0. The first-order chi connectivity index (χ1) is 14.1. The molecule has 3 heterocycles. The van der Waals surface area contributed by atoms with Crippen molar-refractivity contribution in [1.82, 2.24) is 28.9 Å². The van der Waals surface area contributed by atoms with Crippen molar-refractivity contribution in [3.8, 4) is 0 Å². The van der Waals surface area contributed by atoms with Crippen LogP contribution in [0.1, 0.15) is 18.3 Å². The Morgan fingerprint density at radius 2 is 1.72 bits per heavy atom. The van der Waals surface area contributed by atoms with E-state index in [2.05, 4.69) is 33.8 Å². The van der Waals surface area contributed by atoms with E-state index in [0.29, 0.717) is 24.3 Å². The number of hydrogen-bond donors (Lipinski definition) is 1. The fourth-order valence-corrected chi connectivity index (χ4v) is 3.99. The van der Waals surface area contributed by atoms with Gasteiger partial charge in [0.15, 0.2) is 11.2 Å². The van der Waals surface area contributed by atoms with Gasteiger partial charge in [-0.05, 0) is 18.5 Å². The van der Waals surface area contributed by atoms with E-state index in [1.165, 1.54) is 10.1 Å². The molecule has 0 aliphatic carbocycles. The number of likely N-dealkylation sites (N-methyl/N-ethyl adjacent to an activating group) is 1. The van der Waals surface area contributed by atoms with Crippen LogP contribution in [0.3, 0.4) is 0 Å². The normalized spacial score (nSPS) is 15.9. The second-order valence-corrected chi connectivity index (χ2v) is 7.62. The average molecular weight is 396 g/mol. The van der Waals surface area contributed by atoms with Crippen LogP contribution in [0.4, 0.5) is 0 Å². The lowest BCUT2D eigenvalue weighted by atomic mass is 10.1. The zero-order chi connectivity index (χ0) is 20.4. The van der Waals surface area contributed by atoms with E-state index >= 15 is 0 Å². The van der Waals surface area contributed by atoms with Crippen molar-refractivity contribution < 1.29 is 0 Å². The summed E-state index contributed by atoms with van der Waals surface area (Å²) in [6, 6.07) is 10.2. The zero-order valence-corrected chi connectivity index (χ0v) is 17.1. The van der Waals surface area contributed by atoms with Gasteiger partial charge in [-0.3, -0.25) is 19.2 Å². The molecule has 0 atom stereocenters. The summed E-state index contributed by atoms with van der Waals surface area (Å²) in [5.74, 6) is 0.840. The Kier molecular flexibility index (Phi) is 5.64. The number of aromatic nitrogens is 4. The minimum atomic E-state index is -0.432. The predicted octanol–water partition coefficient (Wildman–Crippen LogP) is 0.804. The number of nitrogens with zero attached hydrogens (tertiary/aromatic N) is 5. The standard InChI is InChI=1S/C21H28N6O2/c1-3-25-11-13-26(14-12-25)15-17-22-19-18(20(28)23-21(29)24(19)2)27(17)10-9-16-7-5-4-6-8-16/h4-8H,3,9-15H2,1-2H3,(H,23,28,29). The molecule has 0 spiro atoms. The number of H-pyrrole nitrogens is 1. The lowest BCUT2D eigenvalue weighted by molar-refractivity contribution is 0.128. The summed E-state index contributed by atoms with van der Waals surface area (Å²) >= 11 is 0. The molecule has 3 aromatic rings. The summed E-state index contributed by atoms with van der Waals surface area (Å²) in [6.07, 6.45) is 0.797. The topological polar surface area (TPSA) is 79.2 Å². The summed E-state index contributed by atoms with van der Waals surface area (Å²) in [6.45, 7) is 8.61. The van der Waals surface area contributed by atoms with E-state index in [-0.39, 0.29) is 5.56 Å². The molecule has 8 nitrogen and oxygen atoms in total. The molecule has 0 radical (unpaired) electrons. The highest BCUT2D eigenvalue weighted by atomic mass is 16.2. The van der Waals surface area contributed by atoms with Gasteiger partial charge in [-0.25, -0.2) is 9.78 Å². The van der Waals surface area contributed by atoms with Gasteiger partial charge in [0.1, 0.15) is 5.82 Å². The van der Waals surface area contributed by atoms with E-state index in [0.717, 1.165) is 45.0 Å². The van der Waals surface area contributed by atoms with Gasteiger partial charge in [0.2, 0.25) is 0 Å². The predicted molar refractivity (Wildman–Crippen MR) is 113 cm³/mol. The number of aromatic amines is 1. The third-order valence-corrected chi connectivity index (χ3v) is 5.83. The second-order valence-electron chi connectivity index (χ2n) is 7.62. The van der Waals surface area contributed by atoms with Crippen molar-refractivity contribution >= 4 is 11.2 Å². The van der Waals surface area contributed by atoms with Crippen LogP contribution in [0.15, 0.2) is 39.9 Å². The van der Waals surface area contributed by atoms with Crippen molar-refractivity contribution in [2.45, 2.75) is 26.4 Å². The first-order valence-corrected chi connectivity index (χ1v) is 10.2. The highest BCUT2D eigenvalue weighted by molar-refractivity contribution is 5.70. The van der Waals surface area contributed by atoms with Crippen molar-refractivity contribution in [2.24, 2.45) is 7.05 Å². The molecule has 1 saturated heterocycles. The molecule has 0 saturated carbocycles. The third-order valence-electron chi connectivity index (χ3n) is 5.83. The molecule has 1 aromatic carbocycles. The molecule has 1 N–H and O–H groups in total. The molecule has 4 rings (SSSR count). The zero-order valence-electron chi connectivity index (χ0n) is 17.1. The van der Waals surface area contributed by atoms with Gasteiger partial charge in [0, 0.05) is 39.8 Å². The fourth-order valence-electron chi connectivity index (χ4n) is 3.99. The number of imidazole rings is 1. The number of aryl methyl sites for hydroxylation is 3. The number of benzene rings is 1. The largest absolute Gasteiger partial charge is 0.329 e. The summed E-state index contributed by atoms with van der Waals surface area (Å²) < 4.78 is 3.42. The lowest BCUT2D eigenvalue weighted by Gasteiger charge is -2.33.